The molecular formula is C14H32O3Si2. The molecule has 0 fully saturated rings. The van der Waals surface area contributed by atoms with E-state index < -0.39 is 16.6 Å². The first-order valence-corrected chi connectivity index (χ1v) is 13.8. The minimum atomic E-state index is -1.51. The first kappa shape index (κ1) is 19.1. The van der Waals surface area contributed by atoms with Gasteiger partial charge in [0.15, 0.2) is 16.6 Å². The van der Waals surface area contributed by atoms with Crippen LogP contribution >= 0.6 is 0 Å². The van der Waals surface area contributed by atoms with E-state index in [-0.39, 0.29) is 5.41 Å². The van der Waals surface area contributed by atoms with Gasteiger partial charge in [-0.3, -0.25) is 0 Å². The van der Waals surface area contributed by atoms with E-state index in [1.807, 2.05) is 0 Å². The van der Waals surface area contributed by atoms with Crippen LogP contribution in [0.15, 0.2) is 12.7 Å². The molecule has 0 saturated carbocycles. The number of hydrogen-bond donors (Lipinski definition) is 0. The molecule has 0 saturated heterocycles. The molecule has 0 atom stereocenters. The van der Waals surface area contributed by atoms with Gasteiger partial charge < -0.3 is 13.6 Å². The summed E-state index contributed by atoms with van der Waals surface area (Å²) in [4.78, 5) is 0. The fourth-order valence-corrected chi connectivity index (χ4v) is 2.86. The van der Waals surface area contributed by atoms with Gasteiger partial charge in [0, 0.05) is 18.6 Å². The van der Waals surface area contributed by atoms with E-state index >= 15 is 0 Å². The van der Waals surface area contributed by atoms with Crippen LogP contribution in [0.1, 0.15) is 6.92 Å². The van der Waals surface area contributed by atoms with Crippen molar-refractivity contribution in [1.29, 1.82) is 0 Å². The summed E-state index contributed by atoms with van der Waals surface area (Å²) in [6, 6.07) is 0. The average molecular weight is 305 g/mol. The molecule has 0 amide bonds. The van der Waals surface area contributed by atoms with Crippen LogP contribution in [0.2, 0.25) is 39.3 Å². The van der Waals surface area contributed by atoms with E-state index in [4.69, 9.17) is 13.6 Å². The van der Waals surface area contributed by atoms with Crippen molar-refractivity contribution < 1.29 is 13.6 Å². The van der Waals surface area contributed by atoms with Crippen molar-refractivity contribution in [2.24, 2.45) is 5.41 Å². The largest absolute Gasteiger partial charge is 0.417 e. The summed E-state index contributed by atoms with van der Waals surface area (Å²) in [5.74, 6) is 0. The Morgan fingerprint density at radius 1 is 0.895 bits per heavy atom. The second-order valence-corrected chi connectivity index (χ2v) is 16.4. The highest BCUT2D eigenvalue weighted by molar-refractivity contribution is 6.70. The average Bonchev–Trinajstić information content (AvgIpc) is 2.23. The van der Waals surface area contributed by atoms with E-state index in [1.165, 1.54) is 0 Å². The Kier molecular flexibility index (Phi) is 7.76. The number of hydrogen-bond acceptors (Lipinski definition) is 3. The van der Waals surface area contributed by atoms with Crippen LogP contribution in [-0.4, -0.2) is 43.1 Å². The highest BCUT2D eigenvalue weighted by Crippen LogP contribution is 2.22. The Morgan fingerprint density at radius 3 is 1.63 bits per heavy atom. The van der Waals surface area contributed by atoms with Crippen LogP contribution in [0.25, 0.3) is 0 Å². The molecule has 114 valence electrons. The summed E-state index contributed by atoms with van der Waals surface area (Å²) in [5, 5.41) is 0. The molecule has 0 radical (unpaired) electrons. The molecule has 0 aliphatic carbocycles. The molecule has 0 N–H and O–H groups in total. The summed E-state index contributed by atoms with van der Waals surface area (Å²) in [6.07, 6.45) is 1.78. The van der Waals surface area contributed by atoms with E-state index in [9.17, 15) is 0 Å². The van der Waals surface area contributed by atoms with Gasteiger partial charge in [-0.05, 0) is 39.3 Å². The topological polar surface area (TPSA) is 27.7 Å². The zero-order valence-electron chi connectivity index (χ0n) is 13.8. The fourth-order valence-electron chi connectivity index (χ4n) is 1.30. The summed E-state index contributed by atoms with van der Waals surface area (Å²) in [5.41, 5.74) is -0.0798. The Morgan fingerprint density at radius 2 is 1.32 bits per heavy atom. The van der Waals surface area contributed by atoms with Crippen molar-refractivity contribution in [3.8, 4) is 0 Å². The standard InChI is InChI=1S/C14H32O3Si2/c1-9-10-15-11-14(2,12-16-18(3,4)5)13-17-19(6,7)8/h9H,1,10-13H2,2-8H3. The molecule has 0 bridgehead atoms. The van der Waals surface area contributed by atoms with Crippen LogP contribution in [0.3, 0.4) is 0 Å². The van der Waals surface area contributed by atoms with Gasteiger partial charge in [-0.2, -0.15) is 0 Å². The molecule has 0 rings (SSSR count). The van der Waals surface area contributed by atoms with Crippen molar-refractivity contribution in [3.05, 3.63) is 12.7 Å². The molecule has 0 unspecified atom stereocenters. The van der Waals surface area contributed by atoms with Gasteiger partial charge in [-0.1, -0.05) is 13.0 Å². The zero-order chi connectivity index (χ0) is 15.2. The fraction of sp³-hybridized carbons (Fsp3) is 0.857. The highest BCUT2D eigenvalue weighted by atomic mass is 28.4. The lowest BCUT2D eigenvalue weighted by Crippen LogP contribution is -2.42. The van der Waals surface area contributed by atoms with Crippen LogP contribution in [0, 0.1) is 5.41 Å². The van der Waals surface area contributed by atoms with E-state index in [1.54, 1.807) is 6.08 Å². The summed E-state index contributed by atoms with van der Waals surface area (Å²) in [7, 11) is -3.02. The number of ether oxygens (including phenoxy) is 1. The van der Waals surface area contributed by atoms with Gasteiger partial charge in [0.1, 0.15) is 0 Å². The van der Waals surface area contributed by atoms with Crippen molar-refractivity contribution in [2.75, 3.05) is 26.4 Å². The summed E-state index contributed by atoms with van der Waals surface area (Å²) >= 11 is 0. The SMILES string of the molecule is C=CCOCC(C)(CO[Si](C)(C)C)CO[Si](C)(C)C. The van der Waals surface area contributed by atoms with Gasteiger partial charge in [-0.25, -0.2) is 0 Å². The highest BCUT2D eigenvalue weighted by Gasteiger charge is 2.30. The maximum absolute atomic E-state index is 6.06. The maximum atomic E-state index is 6.06. The van der Waals surface area contributed by atoms with Gasteiger partial charge >= 0.3 is 0 Å². The molecule has 0 aromatic heterocycles. The van der Waals surface area contributed by atoms with Gasteiger partial charge in [0.05, 0.1) is 13.2 Å². The molecule has 19 heavy (non-hydrogen) atoms. The Labute approximate surface area is 121 Å². The molecule has 5 heteroatoms. The Hall–Kier alpha value is 0.0538. The molecule has 0 heterocycles. The van der Waals surface area contributed by atoms with E-state index in [0.29, 0.717) is 26.4 Å². The second-order valence-electron chi connectivity index (χ2n) is 7.42. The van der Waals surface area contributed by atoms with E-state index in [2.05, 4.69) is 52.8 Å². The molecule has 0 spiro atoms. The van der Waals surface area contributed by atoms with Gasteiger partial charge in [-0.15, -0.1) is 6.58 Å². The molecule has 0 aromatic rings. The third kappa shape index (κ3) is 11.6. The third-order valence-corrected chi connectivity index (χ3v) is 4.41. The predicted molar refractivity (Wildman–Crippen MR) is 87.7 cm³/mol. The first-order valence-electron chi connectivity index (χ1n) is 6.94. The minimum Gasteiger partial charge on any atom is -0.417 e. The van der Waals surface area contributed by atoms with Crippen LogP contribution < -0.4 is 0 Å². The molecule has 0 aromatic carbocycles. The lowest BCUT2D eigenvalue weighted by molar-refractivity contribution is 0.00170. The van der Waals surface area contributed by atoms with Crippen molar-refractivity contribution >= 4 is 16.6 Å². The quantitative estimate of drug-likeness (QED) is 0.348. The van der Waals surface area contributed by atoms with Crippen LogP contribution in [0.4, 0.5) is 0 Å². The number of rotatable bonds is 10. The van der Waals surface area contributed by atoms with Crippen LogP contribution in [0.5, 0.6) is 0 Å². The predicted octanol–water partition coefficient (Wildman–Crippen LogP) is 3.90. The Balaban J connectivity index is 4.47. The lowest BCUT2D eigenvalue weighted by atomic mass is 9.95. The van der Waals surface area contributed by atoms with Crippen molar-refractivity contribution in [2.45, 2.75) is 46.2 Å². The minimum absolute atomic E-state index is 0.0798. The van der Waals surface area contributed by atoms with E-state index in [0.717, 1.165) is 0 Å². The monoisotopic (exact) mass is 304 g/mol. The summed E-state index contributed by atoms with van der Waals surface area (Å²) in [6.45, 7) is 21.7. The summed E-state index contributed by atoms with van der Waals surface area (Å²) < 4.78 is 17.7. The smallest absolute Gasteiger partial charge is 0.183 e. The first-order chi connectivity index (χ1) is 8.47. The third-order valence-electron chi connectivity index (χ3n) is 2.39. The van der Waals surface area contributed by atoms with Crippen molar-refractivity contribution in [1.82, 2.24) is 0 Å². The molecule has 0 aliphatic rings. The van der Waals surface area contributed by atoms with Crippen molar-refractivity contribution in [3.63, 3.8) is 0 Å². The lowest BCUT2D eigenvalue weighted by Gasteiger charge is -2.34. The molecular weight excluding hydrogens is 272 g/mol. The van der Waals surface area contributed by atoms with Gasteiger partial charge in [0.25, 0.3) is 0 Å². The molecule has 0 aliphatic heterocycles. The second kappa shape index (κ2) is 7.74. The van der Waals surface area contributed by atoms with Crippen LogP contribution in [-0.2, 0) is 13.6 Å². The zero-order valence-corrected chi connectivity index (χ0v) is 15.8. The normalized spacial score (nSPS) is 13.6. The molecule has 3 nitrogen and oxygen atoms in total. The maximum Gasteiger partial charge on any atom is 0.183 e. The Bertz CT molecular complexity index is 249. The van der Waals surface area contributed by atoms with Gasteiger partial charge in [0.2, 0.25) is 0 Å².